The number of carbonyl (C=O) groups is 3. The van der Waals surface area contributed by atoms with E-state index >= 15 is 0 Å². The Hall–Kier alpha value is -2.73. The Kier molecular flexibility index (Phi) is 7.58. The van der Waals surface area contributed by atoms with Crippen molar-refractivity contribution in [1.29, 1.82) is 0 Å². The summed E-state index contributed by atoms with van der Waals surface area (Å²) < 4.78 is 15.8. The zero-order chi connectivity index (χ0) is 24.3. The van der Waals surface area contributed by atoms with Crippen molar-refractivity contribution in [2.45, 2.75) is 17.7 Å². The van der Waals surface area contributed by atoms with Crippen molar-refractivity contribution < 1.29 is 33.5 Å². The quantitative estimate of drug-likeness (QED) is 0.125. The summed E-state index contributed by atoms with van der Waals surface area (Å²) in [4.78, 5) is 48.9. The molecule has 2 aliphatic heterocycles. The summed E-state index contributed by atoms with van der Waals surface area (Å²) >= 11 is 1.37. The number of benzene rings is 1. The molecule has 0 aromatic heterocycles. The average molecular weight is 500 g/mol. The van der Waals surface area contributed by atoms with Gasteiger partial charge in [-0.05, 0) is 0 Å². The summed E-state index contributed by atoms with van der Waals surface area (Å²) in [7, 11) is -0.00794. The number of hydrogen-bond donors (Lipinski definition) is 2. The van der Waals surface area contributed by atoms with Crippen molar-refractivity contribution >= 4 is 43.5 Å². The number of nitro benzene ring substituents is 1. The average Bonchev–Trinajstić information content (AvgIpc) is 2.78. The van der Waals surface area contributed by atoms with Crippen molar-refractivity contribution in [3.05, 3.63) is 51.2 Å². The molecule has 12 nitrogen and oxygen atoms in total. The van der Waals surface area contributed by atoms with Gasteiger partial charge in [-0.3, -0.25) is 10.1 Å². The first-order chi connectivity index (χ1) is 15.6. The Morgan fingerprint density at radius 2 is 1.97 bits per heavy atom. The minimum absolute atomic E-state index is 0.0215. The van der Waals surface area contributed by atoms with Gasteiger partial charge in [-0.15, -0.1) is 0 Å². The van der Waals surface area contributed by atoms with E-state index in [1.165, 1.54) is 48.0 Å². The second-order valence-electron chi connectivity index (χ2n) is 7.64. The van der Waals surface area contributed by atoms with E-state index in [9.17, 15) is 24.5 Å². The Balaban J connectivity index is 1.83. The first-order valence-electron chi connectivity index (χ1n) is 9.93. The van der Waals surface area contributed by atoms with Crippen LogP contribution in [-0.2, 0) is 30.4 Å². The van der Waals surface area contributed by atoms with E-state index in [2.05, 4.69) is 5.09 Å². The fourth-order valence-electron chi connectivity index (χ4n) is 3.59. The molecule has 0 bridgehead atoms. The second-order valence-corrected chi connectivity index (χ2v) is 11.3. The number of thioether (sulfide) groups is 1. The van der Waals surface area contributed by atoms with Crippen molar-refractivity contribution in [2.75, 3.05) is 32.8 Å². The predicted molar refractivity (Wildman–Crippen MR) is 123 cm³/mol. The third-order valence-corrected chi connectivity index (χ3v) is 7.41. The second kappa shape index (κ2) is 10.0. The van der Waals surface area contributed by atoms with E-state index in [0.29, 0.717) is 11.1 Å². The number of nitrogens with two attached hydrogens (primary N) is 1. The molecule has 0 unspecified atom stereocenters. The first kappa shape index (κ1) is 24.9. The van der Waals surface area contributed by atoms with Gasteiger partial charge < -0.3 is 0 Å². The summed E-state index contributed by atoms with van der Waals surface area (Å²) in [6.45, 7) is 3.57. The first-order valence-corrected chi connectivity index (χ1v) is 13.9. The van der Waals surface area contributed by atoms with Crippen LogP contribution >= 0.6 is 19.8 Å². The molecule has 0 radical (unpaired) electrons. The number of amides is 2. The SMILES string of the molecule is CO[C@@]1(N[PH2](C)C)C(=O)N2C(C(=O)OCc3ccc([N+](=O)[O-])cc3)=C(COC(N)=O)CS[C@H]21. The Morgan fingerprint density at radius 1 is 1.30 bits per heavy atom. The van der Waals surface area contributed by atoms with Crippen LogP contribution in [0.4, 0.5) is 10.5 Å². The number of rotatable bonds is 9. The van der Waals surface area contributed by atoms with Crippen LogP contribution in [0.5, 0.6) is 0 Å². The van der Waals surface area contributed by atoms with Crippen LogP contribution < -0.4 is 10.8 Å². The number of non-ortho nitro benzene ring substituents is 1. The molecule has 1 fully saturated rings. The van der Waals surface area contributed by atoms with Gasteiger partial charge in [0.2, 0.25) is 0 Å². The molecule has 33 heavy (non-hydrogen) atoms. The molecule has 1 saturated heterocycles. The van der Waals surface area contributed by atoms with Crippen molar-refractivity contribution in [1.82, 2.24) is 9.99 Å². The van der Waals surface area contributed by atoms with Crippen molar-refractivity contribution in [3.63, 3.8) is 0 Å². The van der Waals surface area contributed by atoms with E-state index in [0.717, 1.165) is 0 Å². The maximum absolute atomic E-state index is 13.2. The van der Waals surface area contributed by atoms with Gasteiger partial charge >= 0.3 is 179 Å². The molecule has 1 aromatic carbocycles. The molecule has 0 saturated carbocycles. The number of hydrogen-bond acceptors (Lipinski definition) is 10. The number of nitro groups is 1. The monoisotopic (exact) mass is 500 g/mol. The Labute approximate surface area is 194 Å². The molecule has 14 heteroatoms. The standard InChI is InChI=1S/C19H25N4O8PS/c1-29-19(21-32(2)3)16(25)22-14(12(9-31-18(20)26)10-33-17(19)22)15(24)30-8-11-4-6-13(7-5-11)23(27)28/h4-7,17,21H,8-10,32H2,1-3H3,(H2,20,26)/t17-,19-/m0/s1. The topological polar surface area (TPSA) is 163 Å². The molecule has 1 aromatic rings. The van der Waals surface area contributed by atoms with Gasteiger partial charge in [0, 0.05) is 0 Å². The number of ether oxygens (including phenoxy) is 3. The number of fused-ring (bicyclic) bond motifs is 1. The van der Waals surface area contributed by atoms with Gasteiger partial charge in [0.05, 0.1) is 4.92 Å². The van der Waals surface area contributed by atoms with Gasteiger partial charge in [0.15, 0.2) is 0 Å². The van der Waals surface area contributed by atoms with Crippen LogP contribution in [0.3, 0.4) is 0 Å². The summed E-state index contributed by atoms with van der Waals surface area (Å²) in [6, 6.07) is 5.54. The summed E-state index contributed by atoms with van der Waals surface area (Å²) in [5, 5.41) is 13.5. The Morgan fingerprint density at radius 3 is 2.52 bits per heavy atom. The molecule has 0 aliphatic carbocycles. The molecular weight excluding hydrogens is 475 g/mol. The fraction of sp³-hybridized carbons (Fsp3) is 0.421. The Bertz CT molecular complexity index is 1000. The van der Waals surface area contributed by atoms with E-state index in [1.54, 1.807) is 0 Å². The molecule has 2 aliphatic rings. The molecule has 0 spiro atoms. The number of methoxy groups -OCH3 is 1. The summed E-state index contributed by atoms with van der Waals surface area (Å²) in [6.07, 6.45) is -1.01. The van der Waals surface area contributed by atoms with Crippen molar-refractivity contribution in [3.8, 4) is 0 Å². The van der Waals surface area contributed by atoms with E-state index < -0.39 is 42.1 Å². The van der Waals surface area contributed by atoms with Gasteiger partial charge in [0.25, 0.3) is 0 Å². The third-order valence-electron chi connectivity index (χ3n) is 5.03. The van der Waals surface area contributed by atoms with Crippen LogP contribution in [0, 0.1) is 10.1 Å². The number of carbonyl (C=O) groups excluding carboxylic acids is 3. The number of nitrogens with one attached hydrogen (secondary N) is 1. The molecular formula is C19H25N4O8PS. The fourth-order valence-corrected chi connectivity index (χ4v) is 6.39. The normalized spacial score (nSPS) is 22.3. The predicted octanol–water partition coefficient (Wildman–Crippen LogP) is 0.956. The van der Waals surface area contributed by atoms with Gasteiger partial charge in [-0.2, -0.15) is 0 Å². The number of β-lactam (4-membered cyclic amide) rings is 1. The van der Waals surface area contributed by atoms with Crippen LogP contribution in [0.25, 0.3) is 0 Å². The maximum atomic E-state index is 13.2. The van der Waals surface area contributed by atoms with Crippen LogP contribution in [0.15, 0.2) is 35.5 Å². The van der Waals surface area contributed by atoms with Crippen LogP contribution in [-0.4, -0.2) is 71.7 Å². The van der Waals surface area contributed by atoms with E-state index in [-0.39, 0.29) is 30.4 Å². The zero-order valence-electron chi connectivity index (χ0n) is 18.2. The van der Waals surface area contributed by atoms with E-state index in [4.69, 9.17) is 19.9 Å². The number of primary amides is 1. The van der Waals surface area contributed by atoms with Gasteiger partial charge in [0.1, 0.15) is 0 Å². The molecule has 180 valence electrons. The van der Waals surface area contributed by atoms with Gasteiger partial charge in [-0.25, -0.2) is 0 Å². The minimum atomic E-state index is -1.44. The molecule has 2 atom stereocenters. The van der Waals surface area contributed by atoms with Crippen molar-refractivity contribution in [2.24, 2.45) is 5.73 Å². The van der Waals surface area contributed by atoms with Crippen LogP contribution in [0.1, 0.15) is 5.56 Å². The number of esters is 1. The third kappa shape index (κ3) is 4.96. The van der Waals surface area contributed by atoms with E-state index in [1.807, 2.05) is 13.3 Å². The van der Waals surface area contributed by atoms with Crippen LogP contribution in [0.2, 0.25) is 0 Å². The summed E-state index contributed by atoms with van der Waals surface area (Å²) in [5.74, 6) is -0.945. The summed E-state index contributed by atoms with van der Waals surface area (Å²) in [5.41, 5.74) is 4.61. The zero-order valence-corrected chi connectivity index (χ0v) is 20.2. The molecule has 2 amide bonds. The van der Waals surface area contributed by atoms with Gasteiger partial charge in [-0.1, -0.05) is 0 Å². The molecule has 3 N–H and O–H groups in total. The molecule has 2 heterocycles. The molecule has 3 rings (SSSR count). The number of nitrogens with zero attached hydrogens (tertiary/aromatic N) is 2.